The Kier molecular flexibility index (Phi) is 6.56. The molecule has 0 fully saturated rings. The molecule has 31 heavy (non-hydrogen) atoms. The third-order valence-electron chi connectivity index (χ3n) is 4.80. The molecular formula is C21H18Cl2N4O2S2. The van der Waals surface area contributed by atoms with Crippen LogP contribution in [0.2, 0.25) is 0 Å². The number of hydrogen-bond donors (Lipinski definition) is 1. The van der Waals surface area contributed by atoms with E-state index >= 15 is 0 Å². The summed E-state index contributed by atoms with van der Waals surface area (Å²) in [6.07, 6.45) is 6.92. The lowest BCUT2D eigenvalue weighted by Gasteiger charge is -2.07. The van der Waals surface area contributed by atoms with Crippen molar-refractivity contribution in [2.45, 2.75) is 4.90 Å². The van der Waals surface area contributed by atoms with Crippen molar-refractivity contribution in [1.82, 2.24) is 19.6 Å². The number of imidazole rings is 1. The van der Waals surface area contributed by atoms with Crippen LogP contribution in [0.3, 0.4) is 0 Å². The molecule has 0 amide bonds. The van der Waals surface area contributed by atoms with Crippen molar-refractivity contribution in [3.8, 4) is 33.0 Å². The quantitative estimate of drug-likeness (QED) is 0.365. The molecule has 0 aliphatic carbocycles. The first-order valence-electron chi connectivity index (χ1n) is 8.86. The third kappa shape index (κ3) is 4.24. The fourth-order valence-electron chi connectivity index (χ4n) is 3.34. The number of benzene rings is 1. The number of fused-ring (bicyclic) bond motifs is 1. The van der Waals surface area contributed by atoms with Crippen LogP contribution in [0.15, 0.2) is 77.4 Å². The van der Waals surface area contributed by atoms with Gasteiger partial charge in [0.15, 0.2) is 9.84 Å². The summed E-state index contributed by atoms with van der Waals surface area (Å²) in [5.41, 5.74) is 5.55. The summed E-state index contributed by atoms with van der Waals surface area (Å²) < 4.78 is 25.5. The van der Waals surface area contributed by atoms with Crippen LogP contribution in [-0.2, 0) is 9.84 Å². The smallest absolute Gasteiger partial charge is 0.175 e. The summed E-state index contributed by atoms with van der Waals surface area (Å²) in [6.45, 7) is 0. The van der Waals surface area contributed by atoms with E-state index in [2.05, 4.69) is 31.8 Å². The minimum Gasteiger partial charge on any atom is -0.298 e. The third-order valence-corrected chi connectivity index (χ3v) is 6.82. The molecule has 0 saturated heterocycles. The Morgan fingerprint density at radius 1 is 0.968 bits per heavy atom. The van der Waals surface area contributed by atoms with Crippen LogP contribution >= 0.6 is 36.2 Å². The van der Waals surface area contributed by atoms with Gasteiger partial charge in [-0.2, -0.15) is 5.10 Å². The molecule has 5 rings (SSSR count). The number of H-pyrrole nitrogens is 1. The van der Waals surface area contributed by atoms with Crippen LogP contribution in [0.4, 0.5) is 0 Å². The monoisotopic (exact) mass is 492 g/mol. The molecular weight excluding hydrogens is 475 g/mol. The van der Waals surface area contributed by atoms with E-state index in [0.717, 1.165) is 38.6 Å². The zero-order chi connectivity index (χ0) is 20.0. The first kappa shape index (κ1) is 23.0. The van der Waals surface area contributed by atoms with E-state index in [9.17, 15) is 8.42 Å². The van der Waals surface area contributed by atoms with Gasteiger partial charge in [0.2, 0.25) is 0 Å². The standard InChI is InChI=1S/C21H16N4O2S2.2ClH/c1-29(26,27)16-7-4-14(5-8-16)21-17(11-23-24-21)15-6-9-20-22-12-18(25(20)13-15)19-3-2-10-28-19;;/h2-13H,1H3,(H,23,24);2*1H. The van der Waals surface area contributed by atoms with Gasteiger partial charge in [-0.15, -0.1) is 36.2 Å². The fraction of sp³-hybridized carbons (Fsp3) is 0.0476. The average molecular weight is 493 g/mol. The van der Waals surface area contributed by atoms with Crippen molar-refractivity contribution in [1.29, 1.82) is 0 Å². The van der Waals surface area contributed by atoms with Crippen molar-refractivity contribution < 1.29 is 8.42 Å². The first-order chi connectivity index (χ1) is 14.0. The highest BCUT2D eigenvalue weighted by Crippen LogP contribution is 2.32. The summed E-state index contributed by atoms with van der Waals surface area (Å²) in [6, 6.07) is 14.9. The van der Waals surface area contributed by atoms with Crippen LogP contribution < -0.4 is 0 Å². The van der Waals surface area contributed by atoms with Gasteiger partial charge >= 0.3 is 0 Å². The second-order valence-electron chi connectivity index (χ2n) is 6.72. The maximum Gasteiger partial charge on any atom is 0.175 e. The molecule has 5 aromatic rings. The summed E-state index contributed by atoms with van der Waals surface area (Å²) in [4.78, 5) is 5.95. The van der Waals surface area contributed by atoms with Gasteiger partial charge in [-0.3, -0.25) is 9.50 Å². The molecule has 4 aromatic heterocycles. The van der Waals surface area contributed by atoms with Crippen molar-refractivity contribution in [3.63, 3.8) is 0 Å². The van der Waals surface area contributed by atoms with Gasteiger partial charge in [0.1, 0.15) is 5.65 Å². The van der Waals surface area contributed by atoms with Gasteiger partial charge in [-0.25, -0.2) is 13.4 Å². The molecule has 0 aliphatic heterocycles. The summed E-state index contributed by atoms with van der Waals surface area (Å²) in [5.74, 6) is 0. The maximum absolute atomic E-state index is 11.7. The van der Waals surface area contributed by atoms with E-state index in [1.807, 2.05) is 29.8 Å². The number of rotatable bonds is 4. The van der Waals surface area contributed by atoms with E-state index < -0.39 is 9.84 Å². The van der Waals surface area contributed by atoms with E-state index in [-0.39, 0.29) is 24.8 Å². The van der Waals surface area contributed by atoms with Gasteiger partial charge in [-0.05, 0) is 35.7 Å². The van der Waals surface area contributed by atoms with Gasteiger partial charge in [0.05, 0.1) is 33.6 Å². The molecule has 0 saturated carbocycles. The highest BCUT2D eigenvalue weighted by atomic mass is 35.5. The van der Waals surface area contributed by atoms with Crippen molar-refractivity contribution in [3.05, 3.63) is 72.5 Å². The van der Waals surface area contributed by atoms with E-state index in [1.165, 1.54) is 6.26 Å². The normalized spacial score (nSPS) is 11.1. The Labute approximate surface area is 195 Å². The molecule has 0 bridgehead atoms. The fourth-order valence-corrected chi connectivity index (χ4v) is 4.70. The molecule has 0 spiro atoms. The molecule has 0 radical (unpaired) electrons. The Hall–Kier alpha value is -2.65. The Bertz CT molecular complexity index is 1420. The molecule has 10 heteroatoms. The second kappa shape index (κ2) is 8.84. The summed E-state index contributed by atoms with van der Waals surface area (Å²) in [7, 11) is -3.23. The Morgan fingerprint density at radius 2 is 1.71 bits per heavy atom. The van der Waals surface area contributed by atoms with Gasteiger partial charge < -0.3 is 0 Å². The SMILES string of the molecule is CS(=O)(=O)c1ccc(-c2[nH]ncc2-c2ccc3ncc(-c4cccs4)n3c2)cc1.Cl.Cl. The van der Waals surface area contributed by atoms with Crippen LogP contribution in [0.5, 0.6) is 0 Å². The molecule has 0 aliphatic rings. The number of aromatic amines is 1. The van der Waals surface area contributed by atoms with Crippen molar-refractivity contribution in [2.75, 3.05) is 6.26 Å². The van der Waals surface area contributed by atoms with Gasteiger partial charge in [0.25, 0.3) is 0 Å². The molecule has 160 valence electrons. The summed E-state index contributed by atoms with van der Waals surface area (Å²) >= 11 is 1.67. The van der Waals surface area contributed by atoms with E-state index in [4.69, 9.17) is 0 Å². The first-order valence-corrected chi connectivity index (χ1v) is 11.6. The van der Waals surface area contributed by atoms with Crippen LogP contribution in [-0.4, -0.2) is 34.3 Å². The lowest BCUT2D eigenvalue weighted by atomic mass is 10.0. The van der Waals surface area contributed by atoms with Crippen LogP contribution in [0.25, 0.3) is 38.6 Å². The summed E-state index contributed by atoms with van der Waals surface area (Å²) in [5, 5.41) is 9.31. The predicted octanol–water partition coefficient (Wildman–Crippen LogP) is 5.37. The lowest BCUT2D eigenvalue weighted by Crippen LogP contribution is -1.96. The molecule has 0 unspecified atom stereocenters. The number of aromatic nitrogens is 4. The van der Waals surface area contributed by atoms with Crippen LogP contribution in [0, 0.1) is 0 Å². The number of hydrogen-bond acceptors (Lipinski definition) is 5. The number of halogens is 2. The van der Waals surface area contributed by atoms with E-state index in [1.54, 1.807) is 41.8 Å². The molecule has 0 atom stereocenters. The average Bonchev–Trinajstić information content (AvgIpc) is 3.46. The predicted molar refractivity (Wildman–Crippen MR) is 129 cm³/mol. The lowest BCUT2D eigenvalue weighted by molar-refractivity contribution is 0.602. The number of nitrogens with one attached hydrogen (secondary N) is 1. The van der Waals surface area contributed by atoms with Crippen molar-refractivity contribution in [2.24, 2.45) is 0 Å². The Balaban J connectivity index is 0.00000136. The van der Waals surface area contributed by atoms with E-state index in [0.29, 0.717) is 4.90 Å². The largest absolute Gasteiger partial charge is 0.298 e. The van der Waals surface area contributed by atoms with Crippen LogP contribution in [0.1, 0.15) is 0 Å². The highest BCUT2D eigenvalue weighted by Gasteiger charge is 2.14. The minimum absolute atomic E-state index is 0. The maximum atomic E-state index is 11.7. The Morgan fingerprint density at radius 3 is 2.39 bits per heavy atom. The highest BCUT2D eigenvalue weighted by molar-refractivity contribution is 7.90. The second-order valence-corrected chi connectivity index (χ2v) is 9.69. The number of nitrogens with zero attached hydrogens (tertiary/aromatic N) is 3. The number of pyridine rings is 1. The zero-order valence-corrected chi connectivity index (χ0v) is 19.5. The minimum atomic E-state index is -3.23. The molecule has 4 heterocycles. The van der Waals surface area contributed by atoms with Crippen molar-refractivity contribution >= 4 is 51.6 Å². The molecule has 1 aromatic carbocycles. The topological polar surface area (TPSA) is 80.1 Å². The number of thiophene rings is 1. The number of sulfone groups is 1. The molecule has 6 nitrogen and oxygen atoms in total. The zero-order valence-electron chi connectivity index (χ0n) is 16.2. The molecule has 1 N–H and O–H groups in total. The van der Waals surface area contributed by atoms with Gasteiger partial charge in [-0.1, -0.05) is 18.2 Å². The van der Waals surface area contributed by atoms with Gasteiger partial charge in [0, 0.05) is 29.1 Å².